The van der Waals surface area contributed by atoms with E-state index >= 15 is 0 Å². The maximum atomic E-state index is 13.5. The van der Waals surface area contributed by atoms with Gasteiger partial charge in [-0.25, -0.2) is 4.39 Å². The Bertz CT molecular complexity index is 526. The van der Waals surface area contributed by atoms with E-state index in [0.29, 0.717) is 17.7 Å². The summed E-state index contributed by atoms with van der Waals surface area (Å²) >= 11 is 0. The largest absolute Gasteiger partial charge is 0.494 e. The molecule has 0 bridgehead atoms. The molecule has 0 amide bonds. The highest BCUT2D eigenvalue weighted by Crippen LogP contribution is 2.22. The Morgan fingerprint density at radius 2 is 2.50 bits per heavy atom. The summed E-state index contributed by atoms with van der Waals surface area (Å²) < 4.78 is 18.4. The van der Waals surface area contributed by atoms with Crippen LogP contribution in [0.3, 0.4) is 0 Å². The highest BCUT2D eigenvalue weighted by molar-refractivity contribution is 6.01. The third-order valence-electron chi connectivity index (χ3n) is 2.57. The lowest BCUT2D eigenvalue weighted by Crippen LogP contribution is -2.11. The van der Waals surface area contributed by atoms with Gasteiger partial charge in [0.1, 0.15) is 6.10 Å². The first-order valence-corrected chi connectivity index (χ1v) is 5.32. The number of oxime groups is 1. The lowest BCUT2D eigenvalue weighted by Gasteiger charge is -2.04. The van der Waals surface area contributed by atoms with Gasteiger partial charge in [-0.15, -0.1) is 0 Å². The molecule has 2 rings (SSSR count). The van der Waals surface area contributed by atoms with E-state index in [4.69, 9.17) is 15.1 Å². The monoisotopic (exact) mass is 250 g/mol. The summed E-state index contributed by atoms with van der Waals surface area (Å²) in [5.41, 5.74) is 9.48. The van der Waals surface area contributed by atoms with Gasteiger partial charge >= 0.3 is 0 Å². The molecule has 18 heavy (non-hydrogen) atoms. The zero-order valence-corrected chi connectivity index (χ0v) is 9.71. The molecule has 1 atom stereocenters. The number of benzene rings is 1. The molecule has 0 spiro atoms. The van der Waals surface area contributed by atoms with E-state index in [1.54, 1.807) is 6.07 Å². The van der Waals surface area contributed by atoms with Crippen molar-refractivity contribution in [3.63, 3.8) is 0 Å². The van der Waals surface area contributed by atoms with Crippen molar-refractivity contribution >= 4 is 5.71 Å². The van der Waals surface area contributed by atoms with Crippen LogP contribution in [0.25, 0.3) is 10.4 Å². The Kier molecular flexibility index (Phi) is 3.64. The van der Waals surface area contributed by atoms with Gasteiger partial charge in [-0.1, -0.05) is 10.3 Å². The van der Waals surface area contributed by atoms with Crippen LogP contribution in [0.2, 0.25) is 0 Å². The van der Waals surface area contributed by atoms with Crippen LogP contribution in [0, 0.1) is 5.82 Å². The average molecular weight is 250 g/mol. The van der Waals surface area contributed by atoms with Gasteiger partial charge in [0, 0.05) is 16.9 Å². The summed E-state index contributed by atoms with van der Waals surface area (Å²) in [6.45, 7) is 0.210. The highest BCUT2D eigenvalue weighted by atomic mass is 19.1. The van der Waals surface area contributed by atoms with Gasteiger partial charge < -0.3 is 9.57 Å². The van der Waals surface area contributed by atoms with E-state index in [-0.39, 0.29) is 18.4 Å². The summed E-state index contributed by atoms with van der Waals surface area (Å²) in [5.74, 6) is -0.264. The van der Waals surface area contributed by atoms with Gasteiger partial charge in [-0.2, -0.15) is 0 Å². The molecule has 0 fully saturated rings. The number of ether oxygens (including phenoxy) is 1. The van der Waals surface area contributed by atoms with Crippen molar-refractivity contribution < 1.29 is 14.0 Å². The molecule has 1 aromatic rings. The smallest absolute Gasteiger partial charge is 0.165 e. The lowest BCUT2D eigenvalue weighted by atomic mass is 10.0. The molecule has 7 heteroatoms. The van der Waals surface area contributed by atoms with Crippen LogP contribution < -0.4 is 4.74 Å². The second-order valence-corrected chi connectivity index (χ2v) is 3.73. The van der Waals surface area contributed by atoms with Gasteiger partial charge in [0.2, 0.25) is 0 Å². The lowest BCUT2D eigenvalue weighted by molar-refractivity contribution is 0.0919. The van der Waals surface area contributed by atoms with Crippen LogP contribution in [-0.4, -0.2) is 25.5 Å². The molecule has 0 aromatic heterocycles. The van der Waals surface area contributed by atoms with Crippen molar-refractivity contribution in [2.24, 2.45) is 10.3 Å². The SMILES string of the molecule is COc1ccc(C2=NOC(CN=[N+]=[N-])C2)cc1F. The first kappa shape index (κ1) is 12.2. The van der Waals surface area contributed by atoms with Crippen molar-refractivity contribution in [2.75, 3.05) is 13.7 Å². The number of methoxy groups -OCH3 is 1. The third-order valence-corrected chi connectivity index (χ3v) is 2.57. The highest BCUT2D eigenvalue weighted by Gasteiger charge is 2.22. The van der Waals surface area contributed by atoms with Crippen molar-refractivity contribution in [2.45, 2.75) is 12.5 Å². The quantitative estimate of drug-likeness (QED) is 0.467. The van der Waals surface area contributed by atoms with Gasteiger partial charge in [0.05, 0.1) is 19.4 Å². The fraction of sp³-hybridized carbons (Fsp3) is 0.364. The molecular formula is C11H11FN4O2. The standard InChI is InChI=1S/C11H11FN4O2/c1-17-11-3-2-7(4-9(11)12)10-5-8(18-15-10)6-14-16-13/h2-4,8H,5-6H2,1H3. The van der Waals surface area contributed by atoms with Crippen molar-refractivity contribution in [1.29, 1.82) is 0 Å². The fourth-order valence-corrected chi connectivity index (χ4v) is 1.67. The second-order valence-electron chi connectivity index (χ2n) is 3.73. The summed E-state index contributed by atoms with van der Waals surface area (Å²) in [4.78, 5) is 7.74. The topological polar surface area (TPSA) is 79.6 Å². The number of hydrogen-bond donors (Lipinski definition) is 0. The molecular weight excluding hydrogens is 239 g/mol. The second kappa shape index (κ2) is 5.37. The normalized spacial score (nSPS) is 17.7. The van der Waals surface area contributed by atoms with Crippen LogP contribution in [-0.2, 0) is 4.84 Å². The van der Waals surface area contributed by atoms with E-state index in [9.17, 15) is 4.39 Å². The van der Waals surface area contributed by atoms with Gasteiger partial charge in [0.15, 0.2) is 11.6 Å². The van der Waals surface area contributed by atoms with Crippen LogP contribution in [0.1, 0.15) is 12.0 Å². The summed E-state index contributed by atoms with van der Waals surface area (Å²) in [6.07, 6.45) is 0.214. The Hall–Kier alpha value is -2.27. The van der Waals surface area contributed by atoms with E-state index < -0.39 is 5.82 Å². The Morgan fingerprint density at radius 3 is 3.17 bits per heavy atom. The summed E-state index contributed by atoms with van der Waals surface area (Å²) in [6, 6.07) is 4.59. The van der Waals surface area contributed by atoms with Gasteiger partial charge in [0.25, 0.3) is 0 Å². The molecule has 1 unspecified atom stereocenters. The molecule has 0 N–H and O–H groups in total. The molecule has 1 aromatic carbocycles. The number of rotatable bonds is 4. The van der Waals surface area contributed by atoms with Crippen LogP contribution in [0.15, 0.2) is 28.5 Å². The molecule has 94 valence electrons. The molecule has 6 nitrogen and oxygen atoms in total. The number of nitrogens with zero attached hydrogens (tertiary/aromatic N) is 4. The van der Waals surface area contributed by atoms with Gasteiger partial charge in [-0.3, -0.25) is 0 Å². The summed E-state index contributed by atoms with van der Waals surface area (Å²) in [5, 5.41) is 7.28. The molecule has 0 saturated carbocycles. The number of azide groups is 1. The van der Waals surface area contributed by atoms with Crippen molar-refractivity contribution in [3.05, 3.63) is 40.0 Å². The minimum Gasteiger partial charge on any atom is -0.494 e. The minimum absolute atomic E-state index is 0.184. The van der Waals surface area contributed by atoms with Crippen LogP contribution in [0.4, 0.5) is 4.39 Å². The van der Waals surface area contributed by atoms with E-state index in [2.05, 4.69) is 15.2 Å². The van der Waals surface area contributed by atoms with E-state index in [1.807, 2.05) is 0 Å². The minimum atomic E-state index is -0.448. The van der Waals surface area contributed by atoms with E-state index in [1.165, 1.54) is 19.2 Å². The first-order valence-electron chi connectivity index (χ1n) is 5.32. The summed E-state index contributed by atoms with van der Waals surface area (Å²) in [7, 11) is 1.41. The van der Waals surface area contributed by atoms with Crippen molar-refractivity contribution in [1.82, 2.24) is 0 Å². The van der Waals surface area contributed by atoms with E-state index in [0.717, 1.165) is 0 Å². The fourth-order valence-electron chi connectivity index (χ4n) is 1.67. The maximum Gasteiger partial charge on any atom is 0.165 e. The predicted molar refractivity (Wildman–Crippen MR) is 63.0 cm³/mol. The van der Waals surface area contributed by atoms with Gasteiger partial charge in [-0.05, 0) is 23.7 Å². The molecule has 1 heterocycles. The Labute approximate surface area is 103 Å². The predicted octanol–water partition coefficient (Wildman–Crippen LogP) is 2.64. The molecule has 1 aliphatic heterocycles. The first-order chi connectivity index (χ1) is 8.74. The zero-order chi connectivity index (χ0) is 13.0. The van der Waals surface area contributed by atoms with Crippen LogP contribution in [0.5, 0.6) is 5.75 Å². The van der Waals surface area contributed by atoms with Crippen molar-refractivity contribution in [3.8, 4) is 5.75 Å². The average Bonchev–Trinajstić information content (AvgIpc) is 2.85. The maximum absolute atomic E-state index is 13.5. The molecule has 0 saturated heterocycles. The zero-order valence-electron chi connectivity index (χ0n) is 9.71. The Morgan fingerprint density at radius 1 is 1.67 bits per heavy atom. The third kappa shape index (κ3) is 2.52. The van der Waals surface area contributed by atoms with Crippen LogP contribution >= 0.6 is 0 Å². The molecule has 0 aliphatic carbocycles. The molecule has 1 aliphatic rings. The number of halogens is 1. The Balaban J connectivity index is 2.09. The molecule has 0 radical (unpaired) electrons. The number of hydrogen-bond acceptors (Lipinski definition) is 4.